The van der Waals surface area contributed by atoms with Crippen molar-refractivity contribution in [3.05, 3.63) is 57.1 Å². The van der Waals surface area contributed by atoms with Crippen molar-refractivity contribution >= 4 is 52.2 Å². The molecule has 1 aromatic heterocycles. The van der Waals surface area contributed by atoms with Crippen molar-refractivity contribution in [1.29, 1.82) is 0 Å². The minimum absolute atomic E-state index is 0.157. The van der Waals surface area contributed by atoms with Crippen LogP contribution in [0.25, 0.3) is 6.08 Å². The van der Waals surface area contributed by atoms with E-state index < -0.39 is 17.8 Å². The molecule has 7 heteroatoms. The van der Waals surface area contributed by atoms with Gasteiger partial charge in [0.2, 0.25) is 0 Å². The second-order valence-corrected chi connectivity index (χ2v) is 6.00. The summed E-state index contributed by atoms with van der Waals surface area (Å²) in [6.45, 7) is 1.90. The van der Waals surface area contributed by atoms with E-state index in [9.17, 15) is 14.4 Å². The summed E-state index contributed by atoms with van der Waals surface area (Å²) < 4.78 is 5.97. The van der Waals surface area contributed by atoms with Crippen molar-refractivity contribution in [3.63, 3.8) is 0 Å². The Morgan fingerprint density at radius 2 is 1.78 bits per heavy atom. The normalized spacial score (nSPS) is 16.9. The zero-order valence-corrected chi connectivity index (χ0v) is 14.2. The van der Waals surface area contributed by atoms with Crippen molar-refractivity contribution in [2.75, 3.05) is 4.90 Å². The van der Waals surface area contributed by atoms with Gasteiger partial charge in [0.05, 0.1) is 5.69 Å². The molecule has 0 aliphatic carbocycles. The number of nitrogens with one attached hydrogen (secondary N) is 1. The number of urea groups is 1. The van der Waals surface area contributed by atoms with Gasteiger partial charge >= 0.3 is 6.03 Å². The predicted octanol–water partition coefficient (Wildman–Crippen LogP) is 2.86. The molecule has 1 saturated heterocycles. The van der Waals surface area contributed by atoms with Gasteiger partial charge in [0.1, 0.15) is 11.3 Å². The maximum absolute atomic E-state index is 12.6. The number of nitrogens with zero attached hydrogens (tertiary/aromatic N) is 1. The number of benzene rings is 1. The molecular formula is C16H11IN2O4. The number of amides is 4. The highest BCUT2D eigenvalue weighted by atomic mass is 127. The van der Waals surface area contributed by atoms with E-state index in [0.29, 0.717) is 15.2 Å². The first-order chi connectivity index (χ1) is 11.0. The highest BCUT2D eigenvalue weighted by Crippen LogP contribution is 2.23. The fourth-order valence-electron chi connectivity index (χ4n) is 2.13. The summed E-state index contributed by atoms with van der Waals surface area (Å²) in [6, 6.07) is 9.44. The minimum atomic E-state index is -0.768. The number of carbonyl (C=O) groups is 3. The summed E-state index contributed by atoms with van der Waals surface area (Å²) in [5.74, 6) is -1.06. The van der Waals surface area contributed by atoms with Gasteiger partial charge in [-0.15, -0.1) is 0 Å². The lowest BCUT2D eigenvalue weighted by Gasteiger charge is -2.26. The topological polar surface area (TPSA) is 79.6 Å². The van der Waals surface area contributed by atoms with Crippen LogP contribution in [-0.2, 0) is 9.59 Å². The lowest BCUT2D eigenvalue weighted by atomic mass is 10.1. The van der Waals surface area contributed by atoms with Gasteiger partial charge in [-0.1, -0.05) is 17.7 Å². The molecule has 2 heterocycles. The Kier molecular flexibility index (Phi) is 4.03. The Bertz CT molecular complexity index is 836. The summed E-state index contributed by atoms with van der Waals surface area (Å²) in [7, 11) is 0. The van der Waals surface area contributed by atoms with Gasteiger partial charge in [-0.2, -0.15) is 0 Å². The molecule has 0 unspecified atom stereocenters. The quantitative estimate of drug-likeness (QED) is 0.459. The number of hydrogen-bond acceptors (Lipinski definition) is 4. The van der Waals surface area contributed by atoms with Crippen LogP contribution in [0, 0.1) is 10.7 Å². The van der Waals surface area contributed by atoms with Gasteiger partial charge in [-0.05, 0) is 59.9 Å². The number of imide groups is 2. The van der Waals surface area contributed by atoms with Gasteiger partial charge < -0.3 is 4.42 Å². The highest BCUT2D eigenvalue weighted by Gasteiger charge is 2.36. The summed E-state index contributed by atoms with van der Waals surface area (Å²) in [5.41, 5.74) is 1.23. The van der Waals surface area contributed by atoms with E-state index >= 15 is 0 Å². The van der Waals surface area contributed by atoms with Crippen LogP contribution in [-0.4, -0.2) is 17.8 Å². The zero-order valence-electron chi connectivity index (χ0n) is 12.0. The van der Waals surface area contributed by atoms with Crippen LogP contribution in [0.15, 0.2) is 46.4 Å². The summed E-state index contributed by atoms with van der Waals surface area (Å²) >= 11 is 1.98. The first kappa shape index (κ1) is 15.5. The molecule has 23 heavy (non-hydrogen) atoms. The molecule has 1 aromatic carbocycles. The molecule has 1 aliphatic rings. The van der Waals surface area contributed by atoms with Crippen LogP contribution in [0.5, 0.6) is 0 Å². The van der Waals surface area contributed by atoms with Crippen LogP contribution in [0.1, 0.15) is 11.3 Å². The minimum Gasteiger partial charge on any atom is -0.451 e. The van der Waals surface area contributed by atoms with Gasteiger partial charge in [-0.25, -0.2) is 9.69 Å². The monoisotopic (exact) mass is 422 g/mol. The molecule has 1 aliphatic heterocycles. The molecule has 0 spiro atoms. The van der Waals surface area contributed by atoms with E-state index in [0.717, 1.165) is 10.5 Å². The molecule has 0 bridgehead atoms. The summed E-state index contributed by atoms with van der Waals surface area (Å²) in [5, 5.41) is 2.17. The molecule has 0 radical (unpaired) electrons. The first-order valence-electron chi connectivity index (χ1n) is 6.69. The van der Waals surface area contributed by atoms with Gasteiger partial charge in [-0.3, -0.25) is 14.9 Å². The third kappa shape index (κ3) is 3.04. The van der Waals surface area contributed by atoms with E-state index in [1.807, 2.05) is 29.5 Å². The van der Waals surface area contributed by atoms with Crippen LogP contribution in [0.2, 0.25) is 0 Å². The molecule has 116 valence electrons. The Morgan fingerprint density at radius 1 is 1.09 bits per heavy atom. The van der Waals surface area contributed by atoms with Crippen molar-refractivity contribution in [1.82, 2.24) is 5.32 Å². The second-order valence-electron chi connectivity index (χ2n) is 4.94. The van der Waals surface area contributed by atoms with Crippen molar-refractivity contribution in [2.45, 2.75) is 6.92 Å². The maximum Gasteiger partial charge on any atom is 0.335 e. The van der Waals surface area contributed by atoms with Gasteiger partial charge in [0, 0.05) is 0 Å². The molecule has 0 saturated carbocycles. The fourth-order valence-corrected chi connectivity index (χ4v) is 2.57. The smallest absolute Gasteiger partial charge is 0.335 e. The summed E-state index contributed by atoms with van der Waals surface area (Å²) in [4.78, 5) is 37.5. The van der Waals surface area contributed by atoms with E-state index in [1.54, 1.807) is 36.4 Å². The molecule has 1 N–H and O–H groups in total. The average molecular weight is 422 g/mol. The second kappa shape index (κ2) is 5.99. The number of aryl methyl sites for hydroxylation is 1. The first-order valence-corrected chi connectivity index (χ1v) is 7.77. The van der Waals surface area contributed by atoms with Crippen molar-refractivity contribution in [3.8, 4) is 0 Å². The highest BCUT2D eigenvalue weighted by molar-refractivity contribution is 14.1. The Labute approximate surface area is 145 Å². The maximum atomic E-state index is 12.6. The van der Waals surface area contributed by atoms with Crippen LogP contribution < -0.4 is 10.2 Å². The number of carbonyl (C=O) groups excluding carboxylic acids is 3. The zero-order chi connectivity index (χ0) is 16.6. The third-order valence-corrected chi connectivity index (χ3v) is 3.85. The number of furan rings is 1. The number of anilines is 1. The molecule has 4 amide bonds. The molecule has 0 atom stereocenters. The number of barbiturate groups is 1. The van der Waals surface area contributed by atoms with Gasteiger partial charge in [0.25, 0.3) is 11.8 Å². The van der Waals surface area contributed by atoms with E-state index in [-0.39, 0.29) is 5.57 Å². The van der Waals surface area contributed by atoms with E-state index in [1.165, 1.54) is 6.08 Å². The molecular weight excluding hydrogens is 411 g/mol. The van der Waals surface area contributed by atoms with E-state index in [4.69, 9.17) is 4.42 Å². The lowest BCUT2D eigenvalue weighted by molar-refractivity contribution is -0.122. The van der Waals surface area contributed by atoms with Crippen LogP contribution >= 0.6 is 22.6 Å². The number of halogens is 1. The third-order valence-electron chi connectivity index (χ3n) is 3.27. The van der Waals surface area contributed by atoms with Crippen LogP contribution in [0.4, 0.5) is 10.5 Å². The summed E-state index contributed by atoms with van der Waals surface area (Å²) in [6.07, 6.45) is 1.33. The molecule has 1 fully saturated rings. The standard InChI is InChI=1S/C16H11IN2O4/c1-9-2-4-10(5-3-9)19-15(21)12(14(20)18-16(19)22)8-11-6-7-13(17)23-11/h2-8H,1H3,(H,18,20,22)/b12-8+. The Balaban J connectivity index is 2.00. The van der Waals surface area contributed by atoms with Gasteiger partial charge in [0.15, 0.2) is 3.77 Å². The number of hydrogen-bond donors (Lipinski definition) is 1. The molecule has 2 aromatic rings. The molecule has 3 rings (SSSR count). The van der Waals surface area contributed by atoms with Crippen LogP contribution in [0.3, 0.4) is 0 Å². The largest absolute Gasteiger partial charge is 0.451 e. The lowest BCUT2D eigenvalue weighted by Crippen LogP contribution is -2.54. The number of rotatable bonds is 2. The Morgan fingerprint density at radius 3 is 2.39 bits per heavy atom. The SMILES string of the molecule is Cc1ccc(N2C(=O)NC(=O)/C(=C\c3ccc(I)o3)C2=O)cc1. The predicted molar refractivity (Wildman–Crippen MR) is 91.6 cm³/mol. The average Bonchev–Trinajstić information content (AvgIpc) is 2.91. The Hall–Kier alpha value is -2.42. The van der Waals surface area contributed by atoms with Crippen molar-refractivity contribution < 1.29 is 18.8 Å². The molecule has 6 nitrogen and oxygen atoms in total. The van der Waals surface area contributed by atoms with E-state index in [2.05, 4.69) is 5.32 Å². The van der Waals surface area contributed by atoms with Crippen molar-refractivity contribution in [2.24, 2.45) is 0 Å². The fraction of sp³-hybridized carbons (Fsp3) is 0.0625.